The van der Waals surface area contributed by atoms with Crippen LogP contribution in [-0.4, -0.2) is 57.4 Å². The lowest BCUT2D eigenvalue weighted by Crippen LogP contribution is -2.37. The third kappa shape index (κ3) is 3.37. The minimum absolute atomic E-state index is 0.0467. The highest BCUT2D eigenvalue weighted by Gasteiger charge is 2.24. The maximum Gasteiger partial charge on any atom is 0.271 e. The lowest BCUT2D eigenvalue weighted by atomic mass is 10.1. The maximum absolute atomic E-state index is 13.5. The van der Waals surface area contributed by atoms with Gasteiger partial charge in [0.15, 0.2) is 0 Å². The van der Waals surface area contributed by atoms with Crippen LogP contribution in [0.1, 0.15) is 27.4 Å². The van der Waals surface area contributed by atoms with E-state index in [4.69, 9.17) is 0 Å². The highest BCUT2D eigenvalue weighted by Crippen LogP contribution is 2.26. The number of imidazole rings is 1. The second kappa shape index (κ2) is 7.33. The van der Waals surface area contributed by atoms with E-state index < -0.39 is 0 Å². The van der Waals surface area contributed by atoms with Crippen LogP contribution >= 0.6 is 0 Å². The molecule has 0 fully saturated rings. The number of para-hydroxylation sites is 1. The van der Waals surface area contributed by atoms with Gasteiger partial charge < -0.3 is 19.4 Å². The summed E-state index contributed by atoms with van der Waals surface area (Å²) in [7, 11) is 6.00. The van der Waals surface area contributed by atoms with Crippen molar-refractivity contribution in [2.45, 2.75) is 20.4 Å². The fraction of sp³-hybridized carbons (Fsp3) is 0.400. The largest absolute Gasteiger partial charge is 0.348 e. The SMILES string of the molecule is Cc1[nH]cnc1CN(CCN(C)C)C(=O)c1c(C)c2ccccc2n1C. The molecule has 6 nitrogen and oxygen atoms in total. The van der Waals surface area contributed by atoms with Gasteiger partial charge in [0.25, 0.3) is 5.91 Å². The molecule has 0 spiro atoms. The summed E-state index contributed by atoms with van der Waals surface area (Å²) in [5.74, 6) is 0.0467. The molecular formula is C20H27N5O. The van der Waals surface area contributed by atoms with Crippen LogP contribution in [0.4, 0.5) is 0 Å². The second-order valence-electron chi connectivity index (χ2n) is 7.05. The van der Waals surface area contributed by atoms with Gasteiger partial charge in [0.05, 0.1) is 18.6 Å². The average Bonchev–Trinajstić information content (AvgIpc) is 3.13. The summed E-state index contributed by atoms with van der Waals surface area (Å²) in [6.45, 7) is 5.97. The lowest BCUT2D eigenvalue weighted by Gasteiger charge is -2.24. The second-order valence-corrected chi connectivity index (χ2v) is 7.05. The number of fused-ring (bicyclic) bond motifs is 1. The predicted molar refractivity (Wildman–Crippen MR) is 104 cm³/mol. The third-order valence-electron chi connectivity index (χ3n) is 4.94. The number of rotatable bonds is 6. The Labute approximate surface area is 154 Å². The molecule has 26 heavy (non-hydrogen) atoms. The quantitative estimate of drug-likeness (QED) is 0.741. The minimum Gasteiger partial charge on any atom is -0.348 e. The fourth-order valence-electron chi connectivity index (χ4n) is 3.34. The Morgan fingerprint density at radius 1 is 1.19 bits per heavy atom. The minimum atomic E-state index is 0.0467. The summed E-state index contributed by atoms with van der Waals surface area (Å²) in [5, 5.41) is 1.13. The number of aromatic nitrogens is 3. The van der Waals surface area contributed by atoms with E-state index in [-0.39, 0.29) is 5.91 Å². The number of carbonyl (C=O) groups excluding carboxylic acids is 1. The Morgan fingerprint density at radius 2 is 1.92 bits per heavy atom. The molecule has 0 saturated heterocycles. The highest BCUT2D eigenvalue weighted by atomic mass is 16.2. The lowest BCUT2D eigenvalue weighted by molar-refractivity contribution is 0.0720. The molecule has 0 bridgehead atoms. The molecule has 0 saturated carbocycles. The van der Waals surface area contributed by atoms with Crippen LogP contribution in [0.25, 0.3) is 10.9 Å². The Bertz CT molecular complexity index is 883. The van der Waals surface area contributed by atoms with Crippen molar-refractivity contribution >= 4 is 16.8 Å². The third-order valence-corrected chi connectivity index (χ3v) is 4.94. The van der Waals surface area contributed by atoms with E-state index in [1.807, 2.05) is 56.6 Å². The van der Waals surface area contributed by atoms with Gasteiger partial charge in [-0.1, -0.05) is 18.2 Å². The molecule has 0 atom stereocenters. The number of amides is 1. The first-order valence-electron chi connectivity index (χ1n) is 8.87. The van der Waals surface area contributed by atoms with Gasteiger partial charge in [-0.3, -0.25) is 4.79 Å². The van der Waals surface area contributed by atoms with Gasteiger partial charge in [0.1, 0.15) is 5.69 Å². The molecule has 6 heteroatoms. The van der Waals surface area contributed by atoms with E-state index in [1.54, 1.807) is 6.33 Å². The van der Waals surface area contributed by atoms with Crippen LogP contribution in [0.5, 0.6) is 0 Å². The molecule has 0 aliphatic carbocycles. The molecule has 3 rings (SSSR count). The van der Waals surface area contributed by atoms with Gasteiger partial charge in [0.2, 0.25) is 0 Å². The first kappa shape index (κ1) is 18.2. The Morgan fingerprint density at radius 3 is 2.54 bits per heavy atom. The van der Waals surface area contributed by atoms with Crippen molar-refractivity contribution in [1.29, 1.82) is 0 Å². The monoisotopic (exact) mass is 353 g/mol. The number of carbonyl (C=O) groups is 1. The highest BCUT2D eigenvalue weighted by molar-refractivity contribution is 6.01. The number of aromatic amines is 1. The summed E-state index contributed by atoms with van der Waals surface area (Å²) in [6, 6.07) is 8.15. The number of benzene rings is 1. The van der Waals surface area contributed by atoms with Crippen LogP contribution in [0.15, 0.2) is 30.6 Å². The van der Waals surface area contributed by atoms with Crippen molar-refractivity contribution in [2.75, 3.05) is 27.2 Å². The standard InChI is InChI=1S/C20H27N5O/c1-14-16-8-6-7-9-18(16)24(5)19(14)20(26)25(11-10-23(3)4)12-17-15(2)21-13-22-17/h6-9,13H,10-12H2,1-5H3,(H,21,22). The zero-order chi connectivity index (χ0) is 18.8. The summed E-state index contributed by atoms with van der Waals surface area (Å²) in [6.07, 6.45) is 1.68. The number of hydrogen-bond donors (Lipinski definition) is 1. The predicted octanol–water partition coefficient (Wildman–Crippen LogP) is 2.72. The van der Waals surface area contributed by atoms with Crippen molar-refractivity contribution in [1.82, 2.24) is 24.3 Å². The summed E-state index contributed by atoms with van der Waals surface area (Å²) in [4.78, 5) is 24.9. The van der Waals surface area contributed by atoms with Crippen LogP contribution in [0.2, 0.25) is 0 Å². The number of hydrogen-bond acceptors (Lipinski definition) is 3. The Balaban J connectivity index is 1.98. The molecule has 2 heterocycles. The Kier molecular flexibility index (Phi) is 5.13. The van der Waals surface area contributed by atoms with Gasteiger partial charge >= 0.3 is 0 Å². The molecule has 1 aromatic carbocycles. The number of nitrogens with zero attached hydrogens (tertiary/aromatic N) is 4. The number of nitrogens with one attached hydrogen (secondary N) is 1. The van der Waals surface area contributed by atoms with Crippen molar-refractivity contribution in [3.63, 3.8) is 0 Å². The van der Waals surface area contributed by atoms with E-state index in [0.29, 0.717) is 13.1 Å². The van der Waals surface area contributed by atoms with Crippen LogP contribution in [0, 0.1) is 13.8 Å². The first-order valence-corrected chi connectivity index (χ1v) is 8.87. The summed E-state index contributed by atoms with van der Waals surface area (Å²) in [5.41, 5.74) is 4.77. The molecule has 0 radical (unpaired) electrons. The molecule has 0 unspecified atom stereocenters. The fourth-order valence-corrected chi connectivity index (χ4v) is 3.34. The topological polar surface area (TPSA) is 57.2 Å². The zero-order valence-corrected chi connectivity index (χ0v) is 16.2. The van der Waals surface area contributed by atoms with Gasteiger partial charge in [0, 0.05) is 36.7 Å². The number of aryl methyl sites for hydroxylation is 3. The summed E-state index contributed by atoms with van der Waals surface area (Å²) < 4.78 is 2.01. The molecule has 1 N–H and O–H groups in total. The van der Waals surface area contributed by atoms with Gasteiger partial charge in [-0.15, -0.1) is 0 Å². The molecule has 3 aromatic rings. The molecule has 0 aliphatic rings. The molecule has 1 amide bonds. The summed E-state index contributed by atoms with van der Waals surface area (Å²) >= 11 is 0. The Hall–Kier alpha value is -2.60. The first-order chi connectivity index (χ1) is 12.4. The van der Waals surface area contributed by atoms with E-state index in [1.165, 1.54) is 0 Å². The smallest absolute Gasteiger partial charge is 0.271 e. The van der Waals surface area contributed by atoms with Crippen molar-refractivity contribution in [2.24, 2.45) is 7.05 Å². The van der Waals surface area contributed by atoms with Crippen LogP contribution in [0.3, 0.4) is 0 Å². The van der Waals surface area contributed by atoms with E-state index >= 15 is 0 Å². The van der Waals surface area contributed by atoms with E-state index in [0.717, 1.165) is 40.1 Å². The molecule has 138 valence electrons. The van der Waals surface area contributed by atoms with E-state index in [9.17, 15) is 4.79 Å². The maximum atomic E-state index is 13.5. The van der Waals surface area contributed by atoms with Gasteiger partial charge in [-0.2, -0.15) is 0 Å². The molecular weight excluding hydrogens is 326 g/mol. The zero-order valence-electron chi connectivity index (χ0n) is 16.2. The van der Waals surface area contributed by atoms with Crippen molar-refractivity contribution in [3.05, 3.63) is 53.2 Å². The van der Waals surface area contributed by atoms with Crippen molar-refractivity contribution < 1.29 is 4.79 Å². The van der Waals surface area contributed by atoms with Gasteiger partial charge in [-0.05, 0) is 39.6 Å². The number of H-pyrrole nitrogens is 1. The normalized spacial score (nSPS) is 11.5. The van der Waals surface area contributed by atoms with Crippen LogP contribution in [-0.2, 0) is 13.6 Å². The van der Waals surface area contributed by atoms with E-state index in [2.05, 4.69) is 27.0 Å². The number of likely N-dealkylation sites (N-methyl/N-ethyl adjacent to an activating group) is 1. The van der Waals surface area contributed by atoms with Gasteiger partial charge in [-0.25, -0.2) is 4.98 Å². The molecule has 2 aromatic heterocycles. The average molecular weight is 353 g/mol. The molecule has 0 aliphatic heterocycles. The van der Waals surface area contributed by atoms with Crippen LogP contribution < -0.4 is 0 Å². The van der Waals surface area contributed by atoms with Crippen molar-refractivity contribution in [3.8, 4) is 0 Å².